The van der Waals surface area contributed by atoms with Crippen molar-refractivity contribution in [3.63, 3.8) is 0 Å². The molecule has 0 aliphatic carbocycles. The summed E-state index contributed by atoms with van der Waals surface area (Å²) in [5.74, 6) is -1.87. The van der Waals surface area contributed by atoms with Gasteiger partial charge in [0.1, 0.15) is 5.69 Å². The Morgan fingerprint density at radius 1 is 1.15 bits per heavy atom. The summed E-state index contributed by atoms with van der Waals surface area (Å²) < 4.78 is 6.75. The van der Waals surface area contributed by atoms with Gasteiger partial charge in [-0.15, -0.1) is 0 Å². The summed E-state index contributed by atoms with van der Waals surface area (Å²) in [4.78, 5) is 42.2. The van der Waals surface area contributed by atoms with Crippen LogP contribution in [0.15, 0.2) is 30.3 Å². The number of hydrogen-bond donors (Lipinski definition) is 0. The zero-order chi connectivity index (χ0) is 18.3. The molecular formula is C18H17N3O5. The number of rotatable bonds is 3. The molecule has 134 valence electrons. The molecule has 0 unspecified atom stereocenters. The second-order valence-electron chi connectivity index (χ2n) is 6.29. The molecule has 0 spiro atoms. The first-order chi connectivity index (χ1) is 12.6. The van der Waals surface area contributed by atoms with Gasteiger partial charge in [-0.3, -0.25) is 14.3 Å². The number of aromatic nitrogens is 2. The fourth-order valence-electron chi connectivity index (χ4n) is 3.25. The van der Waals surface area contributed by atoms with Gasteiger partial charge in [0.25, 0.3) is 11.8 Å². The lowest BCUT2D eigenvalue weighted by molar-refractivity contribution is -0.0591. The maximum atomic E-state index is 12.5. The Bertz CT molecular complexity index is 863. The Hall–Kier alpha value is -3.00. The predicted molar refractivity (Wildman–Crippen MR) is 88.4 cm³/mol. The van der Waals surface area contributed by atoms with E-state index in [-0.39, 0.29) is 22.7 Å². The van der Waals surface area contributed by atoms with Crippen LogP contribution in [0.3, 0.4) is 0 Å². The molecule has 8 heteroatoms. The lowest BCUT2D eigenvalue weighted by Gasteiger charge is -2.19. The maximum Gasteiger partial charge on any atom is 0.381 e. The Balaban J connectivity index is 1.53. The van der Waals surface area contributed by atoms with Crippen LogP contribution in [-0.4, -0.2) is 45.8 Å². The van der Waals surface area contributed by atoms with Crippen LogP contribution in [0.5, 0.6) is 0 Å². The van der Waals surface area contributed by atoms with E-state index in [0.29, 0.717) is 18.3 Å². The van der Waals surface area contributed by atoms with Crippen molar-refractivity contribution in [3.05, 3.63) is 52.8 Å². The third-order valence-electron chi connectivity index (χ3n) is 4.68. The zero-order valence-electron chi connectivity index (χ0n) is 14.2. The monoisotopic (exact) mass is 355 g/mol. The van der Waals surface area contributed by atoms with E-state index >= 15 is 0 Å². The number of hydrogen-bond acceptors (Lipinski definition) is 6. The first-order valence-electron chi connectivity index (χ1n) is 8.38. The number of imide groups is 1. The van der Waals surface area contributed by atoms with Gasteiger partial charge >= 0.3 is 5.97 Å². The van der Waals surface area contributed by atoms with E-state index in [1.54, 1.807) is 25.2 Å². The number of ether oxygens (including phenoxy) is 1. The molecule has 0 saturated carbocycles. The number of nitrogens with zero attached hydrogens (tertiary/aromatic N) is 3. The Labute approximate surface area is 149 Å². The number of amides is 2. The SMILES string of the molecule is Cn1nc(C2CCOCC2)cc1C(=O)ON1C(=O)c2ccccc2C1=O. The number of carbonyl (C=O) groups excluding carboxylic acids is 3. The quantitative estimate of drug-likeness (QED) is 0.778. The van der Waals surface area contributed by atoms with Gasteiger partial charge in [0, 0.05) is 26.2 Å². The van der Waals surface area contributed by atoms with Crippen molar-refractivity contribution in [2.45, 2.75) is 18.8 Å². The van der Waals surface area contributed by atoms with Crippen molar-refractivity contribution < 1.29 is 24.0 Å². The minimum Gasteiger partial charge on any atom is -0.381 e. The largest absolute Gasteiger partial charge is 0.381 e. The normalized spacial score (nSPS) is 17.5. The van der Waals surface area contributed by atoms with Crippen LogP contribution in [-0.2, 0) is 16.6 Å². The van der Waals surface area contributed by atoms with Gasteiger partial charge in [0.05, 0.1) is 16.8 Å². The lowest BCUT2D eigenvalue weighted by atomic mass is 9.96. The first-order valence-corrected chi connectivity index (χ1v) is 8.38. The van der Waals surface area contributed by atoms with Crippen molar-refractivity contribution in [1.82, 2.24) is 14.8 Å². The summed E-state index contributed by atoms with van der Waals surface area (Å²) in [7, 11) is 1.63. The average molecular weight is 355 g/mol. The van der Waals surface area contributed by atoms with Crippen molar-refractivity contribution in [3.8, 4) is 0 Å². The molecule has 0 bridgehead atoms. The van der Waals surface area contributed by atoms with E-state index in [1.807, 2.05) is 0 Å². The topological polar surface area (TPSA) is 90.7 Å². The van der Waals surface area contributed by atoms with Gasteiger partial charge in [0.2, 0.25) is 0 Å². The summed E-state index contributed by atoms with van der Waals surface area (Å²) in [6.07, 6.45) is 1.67. The van der Waals surface area contributed by atoms with Crippen molar-refractivity contribution >= 4 is 17.8 Å². The smallest absolute Gasteiger partial charge is 0.381 e. The van der Waals surface area contributed by atoms with Crippen molar-refractivity contribution in [2.24, 2.45) is 7.05 Å². The van der Waals surface area contributed by atoms with Gasteiger partial charge in [-0.25, -0.2) is 4.79 Å². The molecule has 0 atom stereocenters. The highest BCUT2D eigenvalue weighted by molar-refractivity contribution is 6.21. The Morgan fingerprint density at radius 2 is 1.77 bits per heavy atom. The zero-order valence-corrected chi connectivity index (χ0v) is 14.2. The molecule has 1 fully saturated rings. The molecule has 1 aromatic carbocycles. The van der Waals surface area contributed by atoms with E-state index in [4.69, 9.17) is 9.57 Å². The molecule has 1 aromatic heterocycles. The Morgan fingerprint density at radius 3 is 2.38 bits per heavy atom. The number of hydroxylamine groups is 2. The summed E-state index contributed by atoms with van der Waals surface area (Å²) in [5, 5.41) is 4.89. The molecular weight excluding hydrogens is 338 g/mol. The molecule has 2 aromatic rings. The van der Waals surface area contributed by atoms with E-state index in [0.717, 1.165) is 18.5 Å². The molecule has 26 heavy (non-hydrogen) atoms. The fraction of sp³-hybridized carbons (Fsp3) is 0.333. The van der Waals surface area contributed by atoms with Crippen LogP contribution in [0.2, 0.25) is 0 Å². The van der Waals surface area contributed by atoms with Gasteiger partial charge in [-0.1, -0.05) is 17.2 Å². The summed E-state index contributed by atoms with van der Waals surface area (Å²) in [6, 6.07) is 8.00. The number of aryl methyl sites for hydroxylation is 1. The first kappa shape index (κ1) is 16.5. The van der Waals surface area contributed by atoms with Crippen LogP contribution in [0.1, 0.15) is 55.7 Å². The molecule has 0 N–H and O–H groups in total. The van der Waals surface area contributed by atoms with Crippen LogP contribution >= 0.6 is 0 Å². The van der Waals surface area contributed by atoms with Gasteiger partial charge in [-0.2, -0.15) is 5.10 Å². The summed E-state index contributed by atoms with van der Waals surface area (Å²) >= 11 is 0. The summed E-state index contributed by atoms with van der Waals surface area (Å²) in [5.41, 5.74) is 1.41. The van der Waals surface area contributed by atoms with E-state index in [2.05, 4.69) is 5.10 Å². The second-order valence-corrected chi connectivity index (χ2v) is 6.29. The van der Waals surface area contributed by atoms with E-state index in [9.17, 15) is 14.4 Å². The third kappa shape index (κ3) is 2.68. The standard InChI is InChI=1S/C18H17N3O5/c1-20-15(10-14(19-20)11-6-8-25-9-7-11)18(24)26-21-16(22)12-4-2-3-5-13(12)17(21)23/h2-5,10-11H,6-9H2,1H3. The molecule has 8 nitrogen and oxygen atoms in total. The van der Waals surface area contributed by atoms with Crippen LogP contribution in [0.25, 0.3) is 0 Å². The molecule has 1 saturated heterocycles. The number of benzene rings is 1. The van der Waals surface area contributed by atoms with E-state index < -0.39 is 17.8 Å². The van der Waals surface area contributed by atoms with Crippen LogP contribution in [0, 0.1) is 0 Å². The van der Waals surface area contributed by atoms with E-state index in [1.165, 1.54) is 16.8 Å². The average Bonchev–Trinajstić information content (AvgIpc) is 3.17. The second kappa shape index (κ2) is 6.38. The van der Waals surface area contributed by atoms with Crippen molar-refractivity contribution in [1.29, 1.82) is 0 Å². The minimum atomic E-state index is -0.798. The van der Waals surface area contributed by atoms with Gasteiger partial charge in [0.15, 0.2) is 0 Å². The third-order valence-corrected chi connectivity index (χ3v) is 4.68. The number of carbonyl (C=O) groups is 3. The molecule has 0 radical (unpaired) electrons. The lowest BCUT2D eigenvalue weighted by Crippen LogP contribution is -2.33. The summed E-state index contributed by atoms with van der Waals surface area (Å²) in [6.45, 7) is 1.33. The van der Waals surface area contributed by atoms with Gasteiger partial charge < -0.3 is 9.57 Å². The van der Waals surface area contributed by atoms with Crippen LogP contribution in [0.4, 0.5) is 0 Å². The molecule has 4 rings (SSSR count). The minimum absolute atomic E-state index is 0.183. The fourth-order valence-corrected chi connectivity index (χ4v) is 3.25. The highest BCUT2D eigenvalue weighted by Crippen LogP contribution is 2.27. The van der Waals surface area contributed by atoms with Gasteiger partial charge in [-0.05, 0) is 31.0 Å². The molecule has 2 amide bonds. The number of fused-ring (bicyclic) bond motifs is 1. The van der Waals surface area contributed by atoms with Crippen molar-refractivity contribution in [2.75, 3.05) is 13.2 Å². The Kier molecular flexibility index (Phi) is 4.04. The molecule has 2 aliphatic rings. The van der Waals surface area contributed by atoms with Crippen LogP contribution < -0.4 is 0 Å². The highest BCUT2D eigenvalue weighted by Gasteiger charge is 2.39. The maximum absolute atomic E-state index is 12.5. The highest BCUT2D eigenvalue weighted by atomic mass is 16.7. The molecule has 3 heterocycles. The molecule has 2 aliphatic heterocycles. The predicted octanol–water partition coefficient (Wildman–Crippen LogP) is 1.68.